The minimum Gasteiger partial charge on any atom is -0.469 e. The van der Waals surface area contributed by atoms with E-state index in [0.717, 1.165) is 22.4 Å². The number of carbonyl (C=O) groups is 4. The van der Waals surface area contributed by atoms with E-state index in [0.29, 0.717) is 42.2 Å². The predicted octanol–water partition coefficient (Wildman–Crippen LogP) is 5.91. The number of esters is 1. The Morgan fingerprint density at radius 2 is 1.59 bits per heavy atom. The summed E-state index contributed by atoms with van der Waals surface area (Å²) in [6.45, 7) is 1.88. The molecule has 1 N–H and O–H groups in total. The van der Waals surface area contributed by atoms with Crippen molar-refractivity contribution in [2.45, 2.75) is 32.4 Å². The number of anilines is 1. The first-order valence-electron chi connectivity index (χ1n) is 14.4. The lowest BCUT2D eigenvalue weighted by atomic mass is 10.00. The molecule has 1 aliphatic heterocycles. The number of rotatable bonds is 13. The fraction of sp³-hybridized carbons (Fsp3) is 0.294. The number of hydrogen-bond donors (Lipinski definition) is 1. The average Bonchev–Trinajstić information content (AvgIpc) is 3.58. The maximum absolute atomic E-state index is 12.9. The highest BCUT2D eigenvalue weighted by atomic mass is 35.5. The zero-order valence-electron chi connectivity index (χ0n) is 24.9. The largest absolute Gasteiger partial charge is 0.469 e. The average molecular weight is 618 g/mol. The molecule has 2 amide bonds. The van der Waals surface area contributed by atoms with Gasteiger partial charge in [-0.15, -0.1) is 0 Å². The number of ketones is 1. The normalized spacial score (nSPS) is 12.1. The second kappa shape index (κ2) is 15.7. The van der Waals surface area contributed by atoms with Crippen LogP contribution in [0.15, 0.2) is 78.9 Å². The van der Waals surface area contributed by atoms with Crippen LogP contribution in [0.1, 0.15) is 50.2 Å². The molecule has 0 saturated heterocycles. The van der Waals surface area contributed by atoms with Gasteiger partial charge in [0.2, 0.25) is 0 Å². The fourth-order valence-corrected chi connectivity index (χ4v) is 4.90. The lowest BCUT2D eigenvalue weighted by Crippen LogP contribution is -2.28. The SMILES string of the molecule is COC(=O)CCc1cccc(NCc2ccc(C(=O)N3CC=CC3)cc2)c1CN(C)C(=O)OCCC(=O)c1ccc(Cl)cc1. The van der Waals surface area contributed by atoms with Crippen molar-refractivity contribution in [3.63, 3.8) is 0 Å². The Labute approximate surface area is 262 Å². The molecule has 0 radical (unpaired) electrons. The molecule has 0 atom stereocenters. The van der Waals surface area contributed by atoms with Crippen LogP contribution in [0.25, 0.3) is 0 Å². The number of ether oxygens (including phenoxy) is 2. The van der Waals surface area contributed by atoms with Gasteiger partial charge in [-0.3, -0.25) is 14.4 Å². The first kappa shape index (κ1) is 32.3. The zero-order chi connectivity index (χ0) is 31.5. The predicted molar refractivity (Wildman–Crippen MR) is 169 cm³/mol. The second-order valence-corrected chi connectivity index (χ2v) is 10.8. The van der Waals surface area contributed by atoms with E-state index in [2.05, 4.69) is 5.32 Å². The minimum atomic E-state index is -0.573. The third-order valence-electron chi connectivity index (χ3n) is 7.32. The number of benzene rings is 3. The summed E-state index contributed by atoms with van der Waals surface area (Å²) >= 11 is 5.89. The van der Waals surface area contributed by atoms with Gasteiger partial charge in [-0.1, -0.05) is 48.0 Å². The van der Waals surface area contributed by atoms with Crippen LogP contribution in [0.5, 0.6) is 0 Å². The van der Waals surface area contributed by atoms with E-state index in [1.54, 1.807) is 36.2 Å². The van der Waals surface area contributed by atoms with Gasteiger partial charge in [0.15, 0.2) is 5.78 Å². The molecular formula is C34H36ClN3O6. The Morgan fingerprint density at radius 1 is 0.909 bits per heavy atom. The van der Waals surface area contributed by atoms with Gasteiger partial charge in [0, 0.05) is 61.4 Å². The van der Waals surface area contributed by atoms with Crippen molar-refractivity contribution >= 4 is 41.0 Å². The number of halogens is 1. The van der Waals surface area contributed by atoms with E-state index in [1.165, 1.54) is 12.0 Å². The third kappa shape index (κ3) is 8.94. The van der Waals surface area contributed by atoms with Crippen LogP contribution in [-0.2, 0) is 33.8 Å². The summed E-state index contributed by atoms with van der Waals surface area (Å²) in [5, 5.41) is 3.98. The topological polar surface area (TPSA) is 105 Å². The summed E-state index contributed by atoms with van der Waals surface area (Å²) in [7, 11) is 2.97. The zero-order valence-corrected chi connectivity index (χ0v) is 25.6. The summed E-state index contributed by atoms with van der Waals surface area (Å²) in [5.41, 5.74) is 4.63. The molecule has 4 rings (SSSR count). The molecule has 1 aliphatic rings. The van der Waals surface area contributed by atoms with Crippen LogP contribution in [0.3, 0.4) is 0 Å². The van der Waals surface area contributed by atoms with Gasteiger partial charge < -0.3 is 24.6 Å². The molecule has 0 saturated carbocycles. The molecule has 0 spiro atoms. The molecule has 0 aromatic heterocycles. The van der Waals surface area contributed by atoms with Crippen molar-refractivity contribution in [1.29, 1.82) is 0 Å². The Morgan fingerprint density at radius 3 is 2.27 bits per heavy atom. The van der Waals surface area contributed by atoms with E-state index < -0.39 is 6.09 Å². The van der Waals surface area contributed by atoms with Crippen molar-refractivity contribution in [3.05, 3.63) is 112 Å². The van der Waals surface area contributed by atoms with Gasteiger partial charge in [0.1, 0.15) is 6.61 Å². The molecule has 10 heteroatoms. The molecule has 44 heavy (non-hydrogen) atoms. The lowest BCUT2D eigenvalue weighted by molar-refractivity contribution is -0.140. The van der Waals surface area contributed by atoms with Crippen molar-refractivity contribution in [1.82, 2.24) is 9.80 Å². The van der Waals surface area contributed by atoms with E-state index in [9.17, 15) is 19.2 Å². The summed E-state index contributed by atoms with van der Waals surface area (Å²) in [6.07, 6.45) is 4.05. The van der Waals surface area contributed by atoms with Crippen LogP contribution in [0, 0.1) is 0 Å². The van der Waals surface area contributed by atoms with Crippen LogP contribution >= 0.6 is 11.6 Å². The summed E-state index contributed by atoms with van der Waals surface area (Å²) < 4.78 is 10.2. The van der Waals surface area contributed by atoms with E-state index >= 15 is 0 Å². The number of carbonyl (C=O) groups excluding carboxylic acids is 4. The van der Waals surface area contributed by atoms with Crippen molar-refractivity contribution in [2.24, 2.45) is 0 Å². The van der Waals surface area contributed by atoms with Crippen LogP contribution in [0.2, 0.25) is 5.02 Å². The minimum absolute atomic E-state index is 0.000582. The number of methoxy groups -OCH3 is 1. The summed E-state index contributed by atoms with van der Waals surface area (Å²) in [5.74, 6) is -0.478. The van der Waals surface area contributed by atoms with Crippen LogP contribution in [-0.4, -0.2) is 67.4 Å². The van der Waals surface area contributed by atoms with Crippen molar-refractivity contribution in [3.8, 4) is 0 Å². The standard InChI is InChI=1S/C34H36ClN3O6/c1-37(34(42)44-21-18-31(39)26-12-15-28(35)16-13-26)23-29-25(14-17-32(40)43-2)6-5-7-30(29)36-22-24-8-10-27(11-9-24)33(41)38-19-3-4-20-38/h3-13,15-16,36H,14,17-23H2,1-2H3. The van der Waals surface area contributed by atoms with Crippen molar-refractivity contribution < 1.29 is 28.7 Å². The Kier molecular flexibility index (Phi) is 11.5. The fourth-order valence-electron chi connectivity index (χ4n) is 4.77. The van der Waals surface area contributed by atoms with Crippen LogP contribution < -0.4 is 5.32 Å². The third-order valence-corrected chi connectivity index (χ3v) is 7.57. The molecular weight excluding hydrogens is 582 g/mol. The van der Waals surface area contributed by atoms with E-state index in [1.807, 2.05) is 54.6 Å². The maximum atomic E-state index is 12.9. The first-order chi connectivity index (χ1) is 21.2. The second-order valence-electron chi connectivity index (χ2n) is 10.4. The number of nitrogens with one attached hydrogen (secondary N) is 1. The smallest absolute Gasteiger partial charge is 0.409 e. The Bertz CT molecular complexity index is 1500. The molecule has 0 aliphatic carbocycles. The molecule has 3 aromatic carbocycles. The van der Waals surface area contributed by atoms with Crippen LogP contribution in [0.4, 0.5) is 10.5 Å². The number of hydrogen-bond acceptors (Lipinski definition) is 7. The highest BCUT2D eigenvalue weighted by Crippen LogP contribution is 2.25. The lowest BCUT2D eigenvalue weighted by Gasteiger charge is -2.22. The van der Waals surface area contributed by atoms with E-state index in [-0.39, 0.29) is 43.7 Å². The molecule has 0 unspecified atom stereocenters. The van der Waals surface area contributed by atoms with Gasteiger partial charge >= 0.3 is 12.1 Å². The maximum Gasteiger partial charge on any atom is 0.409 e. The van der Waals surface area contributed by atoms with Gasteiger partial charge in [0.25, 0.3) is 5.91 Å². The molecule has 3 aromatic rings. The summed E-state index contributed by atoms with van der Waals surface area (Å²) in [6, 6.07) is 19.8. The number of nitrogens with zero attached hydrogens (tertiary/aromatic N) is 2. The van der Waals surface area contributed by atoms with Gasteiger partial charge in [0.05, 0.1) is 13.7 Å². The quantitative estimate of drug-likeness (QED) is 0.144. The molecule has 230 valence electrons. The number of Topliss-reactive ketones (excluding diaryl/α,β-unsaturated/α-hetero) is 1. The summed E-state index contributed by atoms with van der Waals surface area (Å²) in [4.78, 5) is 53.0. The Hall–Kier alpha value is -4.63. The monoisotopic (exact) mass is 617 g/mol. The molecule has 0 bridgehead atoms. The number of amides is 2. The van der Waals surface area contributed by atoms with Gasteiger partial charge in [-0.05, 0) is 65.6 Å². The van der Waals surface area contributed by atoms with E-state index in [4.69, 9.17) is 21.1 Å². The number of aryl methyl sites for hydroxylation is 1. The Balaban J connectivity index is 1.40. The molecule has 1 heterocycles. The first-order valence-corrected chi connectivity index (χ1v) is 14.7. The van der Waals surface area contributed by atoms with Crippen molar-refractivity contribution in [2.75, 3.05) is 39.2 Å². The molecule has 9 nitrogen and oxygen atoms in total. The van der Waals surface area contributed by atoms with Gasteiger partial charge in [-0.2, -0.15) is 0 Å². The van der Waals surface area contributed by atoms with Gasteiger partial charge in [-0.25, -0.2) is 4.79 Å². The highest BCUT2D eigenvalue weighted by Gasteiger charge is 2.19. The molecule has 0 fully saturated rings. The highest BCUT2D eigenvalue weighted by molar-refractivity contribution is 6.30.